The zero-order valence-corrected chi connectivity index (χ0v) is 21.4. The van der Waals surface area contributed by atoms with E-state index in [1.165, 1.54) is 12.1 Å². The van der Waals surface area contributed by atoms with Gasteiger partial charge in [0.1, 0.15) is 12.1 Å². The fourth-order valence-electron chi connectivity index (χ4n) is 5.67. The van der Waals surface area contributed by atoms with Crippen LogP contribution in [0.4, 0.5) is 17.6 Å². The van der Waals surface area contributed by atoms with Crippen LogP contribution in [0.5, 0.6) is 0 Å². The Kier molecular flexibility index (Phi) is 7.16. The van der Waals surface area contributed by atoms with Gasteiger partial charge >= 0.3 is 6.18 Å². The minimum atomic E-state index is -4.48. The minimum Gasteiger partial charge on any atom is -0.368 e. The van der Waals surface area contributed by atoms with Crippen LogP contribution in [0.2, 0.25) is 0 Å². The molecule has 1 saturated heterocycles. The van der Waals surface area contributed by atoms with Crippen molar-refractivity contribution in [1.29, 1.82) is 0 Å². The number of carbonyl (C=O) groups is 2. The number of benzene rings is 3. The molecule has 3 aromatic rings. The van der Waals surface area contributed by atoms with Crippen LogP contribution in [0.25, 0.3) is 5.57 Å². The lowest BCUT2D eigenvalue weighted by Crippen LogP contribution is -2.39. The van der Waals surface area contributed by atoms with Gasteiger partial charge in [0.15, 0.2) is 0 Å². The Morgan fingerprint density at radius 2 is 1.72 bits per heavy atom. The van der Waals surface area contributed by atoms with Crippen molar-refractivity contribution in [3.63, 3.8) is 0 Å². The molecule has 1 amide bonds. The maximum Gasteiger partial charge on any atom is 0.416 e. The molecule has 1 fully saturated rings. The molecule has 4 atom stereocenters. The average molecular weight is 538 g/mol. The van der Waals surface area contributed by atoms with Crippen molar-refractivity contribution in [2.24, 2.45) is 0 Å². The van der Waals surface area contributed by atoms with E-state index in [0.717, 1.165) is 35.1 Å². The molecule has 5 rings (SSSR count). The van der Waals surface area contributed by atoms with E-state index in [-0.39, 0.29) is 24.4 Å². The third kappa shape index (κ3) is 5.52. The topological polar surface area (TPSA) is 46.6 Å². The lowest BCUT2D eigenvalue weighted by atomic mass is 9.83. The van der Waals surface area contributed by atoms with E-state index in [1.54, 1.807) is 67.3 Å². The summed E-state index contributed by atoms with van der Waals surface area (Å²) >= 11 is 0. The van der Waals surface area contributed by atoms with Crippen LogP contribution in [0, 0.1) is 12.7 Å². The molecule has 0 saturated carbocycles. The zero-order valence-electron chi connectivity index (χ0n) is 21.4. The molecule has 202 valence electrons. The first-order valence-corrected chi connectivity index (χ1v) is 12.7. The lowest BCUT2D eigenvalue weighted by Gasteiger charge is -2.33. The molecule has 39 heavy (non-hydrogen) atoms. The summed E-state index contributed by atoms with van der Waals surface area (Å²) in [6, 6.07) is 16.6. The van der Waals surface area contributed by atoms with Crippen molar-refractivity contribution >= 4 is 17.8 Å². The van der Waals surface area contributed by atoms with Gasteiger partial charge in [0.05, 0.1) is 17.8 Å². The second-order valence-corrected chi connectivity index (χ2v) is 10.2. The number of fused-ring (bicyclic) bond motifs is 1. The second kappa shape index (κ2) is 10.4. The maximum atomic E-state index is 13.8. The Bertz CT molecular complexity index is 1410. The third-order valence-corrected chi connectivity index (χ3v) is 7.55. The summed E-state index contributed by atoms with van der Waals surface area (Å²) in [5.74, 6) is -0.919. The number of nitrogens with zero attached hydrogens (tertiary/aromatic N) is 1. The van der Waals surface area contributed by atoms with E-state index in [4.69, 9.17) is 4.74 Å². The molecule has 0 aromatic heterocycles. The summed E-state index contributed by atoms with van der Waals surface area (Å²) in [6.45, 7) is 3.56. The van der Waals surface area contributed by atoms with Crippen molar-refractivity contribution in [1.82, 2.24) is 4.90 Å². The Hall–Kier alpha value is -3.78. The largest absolute Gasteiger partial charge is 0.416 e. The smallest absolute Gasteiger partial charge is 0.368 e. The molecule has 0 aliphatic carbocycles. The standard InChI is InChI=1S/C31H27F4NO3/c1-18-11-23(13-25(12-18)31(33,34)35)19(2)39-28-16-36-27(30(28)22-7-9-26(32)10-8-22)14-24(15-29(36)38)21-5-3-20(17-37)4-6-21/h3-13,15,17,19,27-28,30H,14,16H2,1-2H3/t19-,27+,28+,30+/m1/s1. The van der Waals surface area contributed by atoms with Gasteiger partial charge < -0.3 is 9.64 Å². The summed E-state index contributed by atoms with van der Waals surface area (Å²) in [5.41, 5.74) is 3.07. The van der Waals surface area contributed by atoms with Crippen LogP contribution >= 0.6 is 0 Å². The summed E-state index contributed by atoms with van der Waals surface area (Å²) < 4.78 is 60.6. The van der Waals surface area contributed by atoms with Gasteiger partial charge in [-0.05, 0) is 66.8 Å². The van der Waals surface area contributed by atoms with Gasteiger partial charge in [0, 0.05) is 30.1 Å². The maximum absolute atomic E-state index is 13.8. The van der Waals surface area contributed by atoms with Crippen molar-refractivity contribution in [2.45, 2.75) is 50.6 Å². The molecule has 8 heteroatoms. The summed E-state index contributed by atoms with van der Waals surface area (Å²) in [4.78, 5) is 26.1. The third-order valence-electron chi connectivity index (χ3n) is 7.55. The molecule has 0 bridgehead atoms. The van der Waals surface area contributed by atoms with Crippen LogP contribution < -0.4 is 0 Å². The van der Waals surface area contributed by atoms with Gasteiger partial charge in [-0.3, -0.25) is 9.59 Å². The van der Waals surface area contributed by atoms with Crippen LogP contribution in [-0.2, 0) is 15.7 Å². The second-order valence-electron chi connectivity index (χ2n) is 10.2. The first-order chi connectivity index (χ1) is 18.5. The Morgan fingerprint density at radius 1 is 1.03 bits per heavy atom. The Labute approximate surface area is 223 Å². The number of hydrogen-bond acceptors (Lipinski definition) is 3. The SMILES string of the molecule is Cc1cc([C@@H](C)O[C@H]2CN3C(=O)C=C(c4ccc(C=O)cc4)C[C@H]3[C@@H]2c2ccc(F)cc2)cc(C(F)(F)F)c1. The fraction of sp³-hybridized carbons (Fsp3) is 0.290. The minimum absolute atomic E-state index is 0.193. The van der Waals surface area contributed by atoms with Gasteiger partial charge in [0.2, 0.25) is 5.91 Å². The van der Waals surface area contributed by atoms with E-state index in [1.807, 2.05) is 0 Å². The van der Waals surface area contributed by atoms with E-state index in [0.29, 0.717) is 23.1 Å². The van der Waals surface area contributed by atoms with Gasteiger partial charge in [-0.25, -0.2) is 4.39 Å². The number of aryl methyl sites for hydroxylation is 1. The molecule has 4 nitrogen and oxygen atoms in total. The Morgan fingerprint density at radius 3 is 2.36 bits per heavy atom. The van der Waals surface area contributed by atoms with Crippen molar-refractivity contribution in [3.05, 3.63) is 112 Å². The van der Waals surface area contributed by atoms with Crippen molar-refractivity contribution in [3.8, 4) is 0 Å². The van der Waals surface area contributed by atoms with Gasteiger partial charge in [0.25, 0.3) is 0 Å². The monoisotopic (exact) mass is 537 g/mol. The van der Waals surface area contributed by atoms with Crippen LogP contribution in [-0.4, -0.2) is 35.8 Å². The van der Waals surface area contributed by atoms with Crippen LogP contribution in [0.15, 0.2) is 72.8 Å². The molecule has 2 aliphatic heterocycles. The summed E-state index contributed by atoms with van der Waals surface area (Å²) in [5, 5.41) is 0. The quantitative estimate of drug-likeness (QED) is 0.254. The fourth-order valence-corrected chi connectivity index (χ4v) is 5.67. The highest BCUT2D eigenvalue weighted by atomic mass is 19.4. The van der Waals surface area contributed by atoms with Gasteiger partial charge in [-0.2, -0.15) is 13.2 Å². The lowest BCUT2D eigenvalue weighted by molar-refractivity contribution is -0.137. The van der Waals surface area contributed by atoms with E-state index < -0.39 is 29.8 Å². The number of halogens is 4. The molecule has 3 aromatic carbocycles. The number of hydrogen-bond donors (Lipinski definition) is 0. The number of amides is 1. The molecule has 0 radical (unpaired) electrons. The number of carbonyl (C=O) groups excluding carboxylic acids is 2. The molecular weight excluding hydrogens is 510 g/mol. The molecular formula is C31H27F4NO3. The molecule has 2 heterocycles. The highest BCUT2D eigenvalue weighted by Gasteiger charge is 2.47. The number of alkyl halides is 3. The van der Waals surface area contributed by atoms with Crippen molar-refractivity contribution < 1.29 is 31.9 Å². The van der Waals surface area contributed by atoms with E-state index >= 15 is 0 Å². The van der Waals surface area contributed by atoms with E-state index in [2.05, 4.69) is 0 Å². The molecule has 0 spiro atoms. The summed E-state index contributed by atoms with van der Waals surface area (Å²) in [6.07, 6.45) is -2.86. The van der Waals surface area contributed by atoms with Crippen molar-refractivity contribution in [2.75, 3.05) is 6.54 Å². The van der Waals surface area contributed by atoms with Crippen LogP contribution in [0.3, 0.4) is 0 Å². The van der Waals surface area contributed by atoms with Crippen LogP contribution in [0.1, 0.15) is 63.5 Å². The van der Waals surface area contributed by atoms with E-state index in [9.17, 15) is 27.2 Å². The highest BCUT2D eigenvalue weighted by Crippen LogP contribution is 2.44. The zero-order chi connectivity index (χ0) is 27.9. The Balaban J connectivity index is 1.47. The van der Waals surface area contributed by atoms with Gasteiger partial charge in [-0.1, -0.05) is 48.0 Å². The first-order valence-electron chi connectivity index (χ1n) is 12.7. The molecule has 2 aliphatic rings. The number of ether oxygens (including phenoxy) is 1. The highest BCUT2D eigenvalue weighted by molar-refractivity contribution is 5.98. The average Bonchev–Trinajstić information content (AvgIpc) is 3.26. The van der Waals surface area contributed by atoms with Gasteiger partial charge in [-0.15, -0.1) is 0 Å². The molecule has 0 N–H and O–H groups in total. The predicted octanol–water partition coefficient (Wildman–Crippen LogP) is 6.89. The number of aldehydes is 1. The normalized spacial score (nSPS) is 21.9. The first kappa shape index (κ1) is 26.8. The predicted molar refractivity (Wildman–Crippen MR) is 139 cm³/mol. The summed E-state index contributed by atoms with van der Waals surface area (Å²) in [7, 11) is 0. The number of rotatable bonds is 6. The molecule has 0 unspecified atom stereocenters.